The number of nitrogens with zero attached hydrogens (tertiary/aromatic N) is 1. The van der Waals surface area contributed by atoms with E-state index in [0.717, 1.165) is 5.56 Å². The molecule has 0 saturated carbocycles. The molecule has 0 amide bonds. The summed E-state index contributed by atoms with van der Waals surface area (Å²) in [5.41, 5.74) is 8.79. The van der Waals surface area contributed by atoms with E-state index in [1.165, 1.54) is 7.11 Å². The summed E-state index contributed by atoms with van der Waals surface area (Å²) in [5, 5.41) is 3.13. The van der Waals surface area contributed by atoms with Crippen molar-refractivity contribution in [1.29, 1.82) is 0 Å². The third-order valence-corrected chi connectivity index (χ3v) is 5.06. The lowest BCUT2D eigenvalue weighted by molar-refractivity contribution is -0.136. The second-order valence-electron chi connectivity index (χ2n) is 6.79. The van der Waals surface area contributed by atoms with Crippen molar-refractivity contribution in [3.8, 4) is 11.5 Å². The quantitative estimate of drug-likeness (QED) is 0.421. The summed E-state index contributed by atoms with van der Waals surface area (Å²) in [7, 11) is 1.35. The minimum Gasteiger partial charge on any atom is -0.466 e. The number of esters is 1. The number of ether oxygens (including phenoxy) is 2. The highest BCUT2D eigenvalue weighted by Crippen LogP contribution is 2.44. The summed E-state index contributed by atoms with van der Waals surface area (Å²) >= 11 is 5.16. The molecule has 2 aromatic carbocycles. The van der Waals surface area contributed by atoms with Gasteiger partial charge in [-0.3, -0.25) is 0 Å². The summed E-state index contributed by atoms with van der Waals surface area (Å²) in [4.78, 5) is 19.9. The van der Waals surface area contributed by atoms with E-state index >= 15 is 0 Å². The van der Waals surface area contributed by atoms with E-state index in [1.54, 1.807) is 6.92 Å². The summed E-state index contributed by atoms with van der Waals surface area (Å²) in [6, 6.07) is 17.0. The average molecular weight is 420 g/mol. The van der Waals surface area contributed by atoms with E-state index in [2.05, 4.69) is 15.3 Å². The van der Waals surface area contributed by atoms with Gasteiger partial charge in [-0.25, -0.2) is 9.78 Å². The van der Waals surface area contributed by atoms with Gasteiger partial charge in [0.15, 0.2) is 4.77 Å². The first-order chi connectivity index (χ1) is 14.5. The first-order valence-corrected chi connectivity index (χ1v) is 9.67. The molecule has 8 heteroatoms. The Hall–Kier alpha value is -3.65. The highest BCUT2D eigenvalue weighted by Gasteiger charge is 2.35. The van der Waals surface area contributed by atoms with Crippen molar-refractivity contribution in [3.63, 3.8) is 0 Å². The molecule has 1 aromatic heterocycles. The number of anilines is 2. The highest BCUT2D eigenvalue weighted by molar-refractivity contribution is 7.71. The Morgan fingerprint density at radius 2 is 1.87 bits per heavy atom. The van der Waals surface area contributed by atoms with Crippen molar-refractivity contribution in [1.82, 2.24) is 9.97 Å². The normalized spacial score (nSPS) is 15.2. The van der Waals surface area contributed by atoms with Gasteiger partial charge in [0.2, 0.25) is 0 Å². The number of nitrogens with two attached hydrogens (primary N) is 1. The maximum Gasteiger partial charge on any atom is 0.336 e. The lowest BCUT2D eigenvalue weighted by Gasteiger charge is -2.30. The Morgan fingerprint density at radius 1 is 1.13 bits per heavy atom. The Labute approximate surface area is 178 Å². The summed E-state index contributed by atoms with van der Waals surface area (Å²) < 4.78 is 11.3. The van der Waals surface area contributed by atoms with Gasteiger partial charge in [-0.05, 0) is 49.0 Å². The van der Waals surface area contributed by atoms with Crippen molar-refractivity contribution in [2.45, 2.75) is 12.8 Å². The molecule has 1 aliphatic rings. The highest BCUT2D eigenvalue weighted by atomic mass is 32.1. The maximum atomic E-state index is 12.7. The van der Waals surface area contributed by atoms with Gasteiger partial charge in [-0.1, -0.05) is 30.3 Å². The molecule has 0 radical (unpaired) electrons. The van der Waals surface area contributed by atoms with E-state index in [-0.39, 0.29) is 4.77 Å². The second kappa shape index (κ2) is 8.00. The van der Waals surface area contributed by atoms with E-state index < -0.39 is 11.9 Å². The van der Waals surface area contributed by atoms with Crippen molar-refractivity contribution in [3.05, 3.63) is 81.8 Å². The maximum absolute atomic E-state index is 12.7. The minimum atomic E-state index is -0.507. The molecule has 4 rings (SSSR count). The van der Waals surface area contributed by atoms with Crippen LogP contribution in [0.1, 0.15) is 24.0 Å². The van der Waals surface area contributed by atoms with Gasteiger partial charge in [0.05, 0.1) is 18.6 Å². The number of hydrogen-bond acceptors (Lipinski definition) is 7. The first kappa shape index (κ1) is 19.7. The van der Waals surface area contributed by atoms with Crippen molar-refractivity contribution in [2.75, 3.05) is 18.2 Å². The number of fused-ring (bicyclic) bond motifs is 1. The number of rotatable bonds is 4. The number of aromatic nitrogens is 2. The molecule has 0 aliphatic carbocycles. The number of benzene rings is 2. The molecular weight excluding hydrogens is 400 g/mol. The van der Waals surface area contributed by atoms with Crippen molar-refractivity contribution < 1.29 is 14.3 Å². The van der Waals surface area contributed by atoms with E-state index in [4.69, 9.17) is 27.4 Å². The SMILES string of the molecule is COC(=O)C1=C(C)Nc2nc(=S)[nH]c(N)c2C1c1cccc(Oc2ccccc2)c1. The number of nitrogens with one attached hydrogen (secondary N) is 2. The molecule has 0 fully saturated rings. The molecule has 0 bridgehead atoms. The summed E-state index contributed by atoms with van der Waals surface area (Å²) in [6.07, 6.45) is 0. The minimum absolute atomic E-state index is 0.257. The lowest BCUT2D eigenvalue weighted by Crippen LogP contribution is -2.26. The van der Waals surface area contributed by atoms with Crippen LogP contribution in [-0.4, -0.2) is 23.0 Å². The van der Waals surface area contributed by atoms with Crippen LogP contribution in [0.2, 0.25) is 0 Å². The molecular formula is C22H20N4O3S. The smallest absolute Gasteiger partial charge is 0.336 e. The van der Waals surface area contributed by atoms with Crippen LogP contribution in [-0.2, 0) is 9.53 Å². The average Bonchev–Trinajstić information content (AvgIpc) is 2.73. The van der Waals surface area contributed by atoms with Gasteiger partial charge in [-0.15, -0.1) is 0 Å². The molecule has 7 nitrogen and oxygen atoms in total. The van der Waals surface area contributed by atoms with E-state index in [1.807, 2.05) is 54.6 Å². The summed E-state index contributed by atoms with van der Waals surface area (Å²) in [5.74, 6) is 1.24. The number of aromatic amines is 1. The zero-order valence-electron chi connectivity index (χ0n) is 16.4. The predicted molar refractivity (Wildman–Crippen MR) is 117 cm³/mol. The van der Waals surface area contributed by atoms with E-state index in [0.29, 0.717) is 40.0 Å². The van der Waals surface area contributed by atoms with Crippen LogP contribution in [0.15, 0.2) is 65.9 Å². The Balaban J connectivity index is 1.86. The Kier molecular flexibility index (Phi) is 5.24. The van der Waals surface area contributed by atoms with Crippen LogP contribution in [0.5, 0.6) is 11.5 Å². The fraction of sp³-hybridized carbons (Fsp3) is 0.136. The molecule has 0 spiro atoms. The van der Waals surface area contributed by atoms with Crippen molar-refractivity contribution >= 4 is 29.8 Å². The molecule has 30 heavy (non-hydrogen) atoms. The molecule has 1 atom stereocenters. The predicted octanol–water partition coefficient (Wildman–Crippen LogP) is 4.52. The van der Waals surface area contributed by atoms with E-state index in [9.17, 15) is 4.79 Å². The van der Waals surface area contributed by atoms with Crippen LogP contribution >= 0.6 is 12.2 Å². The number of methoxy groups -OCH3 is 1. The van der Waals surface area contributed by atoms with Gasteiger partial charge in [0, 0.05) is 11.3 Å². The lowest BCUT2D eigenvalue weighted by atomic mass is 9.82. The van der Waals surface area contributed by atoms with Crippen LogP contribution in [0.4, 0.5) is 11.6 Å². The molecule has 1 unspecified atom stereocenters. The molecule has 2 heterocycles. The molecule has 4 N–H and O–H groups in total. The number of allylic oxidation sites excluding steroid dienone is 1. The number of hydrogen-bond donors (Lipinski definition) is 3. The number of carbonyl (C=O) groups is 1. The zero-order chi connectivity index (χ0) is 21.3. The van der Waals surface area contributed by atoms with Gasteiger partial charge >= 0.3 is 5.97 Å². The third-order valence-electron chi connectivity index (χ3n) is 4.86. The number of H-pyrrole nitrogens is 1. The van der Waals surface area contributed by atoms with Gasteiger partial charge in [0.1, 0.15) is 23.1 Å². The van der Waals surface area contributed by atoms with Crippen molar-refractivity contribution in [2.24, 2.45) is 0 Å². The monoisotopic (exact) mass is 420 g/mol. The molecule has 0 saturated heterocycles. The fourth-order valence-corrected chi connectivity index (χ4v) is 3.79. The van der Waals surface area contributed by atoms with Crippen LogP contribution in [0.3, 0.4) is 0 Å². The Bertz CT molecular complexity index is 1200. The van der Waals surface area contributed by atoms with Gasteiger partial charge in [-0.2, -0.15) is 0 Å². The van der Waals surface area contributed by atoms with Gasteiger partial charge < -0.3 is 25.5 Å². The zero-order valence-corrected chi connectivity index (χ0v) is 17.2. The molecule has 3 aromatic rings. The Morgan fingerprint density at radius 3 is 2.60 bits per heavy atom. The van der Waals surface area contributed by atoms with Gasteiger partial charge in [0.25, 0.3) is 0 Å². The van der Waals surface area contributed by atoms with Crippen LogP contribution < -0.4 is 15.8 Å². The molecule has 152 valence electrons. The number of nitrogen functional groups attached to an aromatic ring is 1. The van der Waals surface area contributed by atoms with Crippen LogP contribution in [0, 0.1) is 4.77 Å². The summed E-state index contributed by atoms with van der Waals surface area (Å²) in [6.45, 7) is 1.80. The first-order valence-electron chi connectivity index (χ1n) is 9.26. The standard InChI is InChI=1S/C22H20N4O3S/c1-12-16(21(27)28-2)17(18-19(23)25-22(30)26-20(18)24-12)13-7-6-10-15(11-13)29-14-8-4-3-5-9-14/h3-11,17H,1-2H3,(H4,23,24,25,26,30). The number of para-hydroxylation sites is 1. The number of carbonyl (C=O) groups excluding carboxylic acids is 1. The third kappa shape index (κ3) is 3.65. The molecule has 1 aliphatic heterocycles. The second-order valence-corrected chi connectivity index (χ2v) is 7.18. The fourth-order valence-electron chi connectivity index (χ4n) is 3.59. The topological polar surface area (TPSA) is 102 Å². The largest absolute Gasteiger partial charge is 0.466 e. The van der Waals surface area contributed by atoms with Crippen LogP contribution in [0.25, 0.3) is 0 Å².